The molecule has 1 N–H and O–H groups in total. The number of ether oxygens (including phenoxy) is 2. The van der Waals surface area contributed by atoms with Gasteiger partial charge in [-0.3, -0.25) is 4.79 Å². The van der Waals surface area contributed by atoms with Crippen LogP contribution in [0.25, 0.3) is 0 Å². The van der Waals surface area contributed by atoms with Crippen LogP contribution in [0.3, 0.4) is 0 Å². The molecule has 0 saturated carbocycles. The monoisotopic (exact) mass is 242 g/mol. The van der Waals surface area contributed by atoms with Crippen molar-refractivity contribution in [1.29, 1.82) is 0 Å². The van der Waals surface area contributed by atoms with E-state index >= 15 is 0 Å². The quantitative estimate of drug-likeness (QED) is 0.645. The van der Waals surface area contributed by atoms with E-state index in [1.54, 1.807) is 19.1 Å². The van der Waals surface area contributed by atoms with Gasteiger partial charge in [-0.1, -0.05) is 0 Å². The standard InChI is InChI=1S/C10H18N4O3/c1-16-6-3-4-14(5-7-17-2)10(15)9-8-11-13-12-9/h8H,3-7H2,1-2H3,(H,11,12,13). The van der Waals surface area contributed by atoms with Crippen molar-refractivity contribution in [1.82, 2.24) is 20.3 Å². The van der Waals surface area contributed by atoms with Gasteiger partial charge in [0.1, 0.15) is 0 Å². The highest BCUT2D eigenvalue weighted by Crippen LogP contribution is 2.01. The molecule has 7 nitrogen and oxygen atoms in total. The Labute approximate surface area is 100 Å². The maximum Gasteiger partial charge on any atom is 0.276 e. The number of methoxy groups -OCH3 is 2. The van der Waals surface area contributed by atoms with Crippen LogP contribution < -0.4 is 0 Å². The molecule has 1 aromatic heterocycles. The average molecular weight is 242 g/mol. The van der Waals surface area contributed by atoms with Crippen molar-refractivity contribution in [3.05, 3.63) is 11.9 Å². The van der Waals surface area contributed by atoms with Gasteiger partial charge in [0.25, 0.3) is 5.91 Å². The van der Waals surface area contributed by atoms with Crippen molar-refractivity contribution < 1.29 is 14.3 Å². The molecule has 0 aliphatic rings. The van der Waals surface area contributed by atoms with Gasteiger partial charge in [0.15, 0.2) is 5.69 Å². The minimum Gasteiger partial charge on any atom is -0.385 e. The van der Waals surface area contributed by atoms with Crippen molar-refractivity contribution >= 4 is 5.91 Å². The zero-order valence-corrected chi connectivity index (χ0v) is 10.2. The van der Waals surface area contributed by atoms with E-state index in [4.69, 9.17) is 9.47 Å². The molecule has 0 aromatic carbocycles. The number of carbonyl (C=O) groups excluding carboxylic acids is 1. The predicted octanol–water partition coefficient (Wildman–Crippen LogP) is -0.0702. The zero-order chi connectivity index (χ0) is 12.5. The Morgan fingerprint density at radius 1 is 1.35 bits per heavy atom. The highest BCUT2D eigenvalue weighted by Gasteiger charge is 2.17. The van der Waals surface area contributed by atoms with Crippen LogP contribution in [0, 0.1) is 0 Å². The molecule has 1 rings (SSSR count). The third kappa shape index (κ3) is 4.49. The van der Waals surface area contributed by atoms with Gasteiger partial charge in [-0.15, -0.1) is 0 Å². The molecule has 0 spiro atoms. The lowest BCUT2D eigenvalue weighted by Crippen LogP contribution is -2.35. The molecule has 0 fully saturated rings. The lowest BCUT2D eigenvalue weighted by Gasteiger charge is -2.20. The van der Waals surface area contributed by atoms with Crippen LogP contribution in [-0.2, 0) is 9.47 Å². The maximum atomic E-state index is 12.0. The summed E-state index contributed by atoms with van der Waals surface area (Å²) in [7, 11) is 3.24. The van der Waals surface area contributed by atoms with Crippen LogP contribution in [0.5, 0.6) is 0 Å². The second-order valence-electron chi connectivity index (χ2n) is 3.49. The second kappa shape index (κ2) is 7.75. The number of nitrogens with zero attached hydrogens (tertiary/aromatic N) is 3. The SMILES string of the molecule is COCCCN(CCOC)C(=O)c1cn[nH]n1. The molecule has 1 aromatic rings. The predicted molar refractivity (Wildman–Crippen MR) is 60.7 cm³/mol. The van der Waals surface area contributed by atoms with Gasteiger partial charge in [-0.05, 0) is 6.42 Å². The molecule has 0 radical (unpaired) electrons. The van der Waals surface area contributed by atoms with Crippen LogP contribution in [0.15, 0.2) is 6.20 Å². The molecule has 17 heavy (non-hydrogen) atoms. The number of hydrogen-bond donors (Lipinski definition) is 1. The van der Waals surface area contributed by atoms with Crippen molar-refractivity contribution in [3.63, 3.8) is 0 Å². The summed E-state index contributed by atoms with van der Waals surface area (Å²) in [5.74, 6) is -0.146. The van der Waals surface area contributed by atoms with Crippen molar-refractivity contribution in [2.24, 2.45) is 0 Å². The third-order valence-electron chi connectivity index (χ3n) is 2.26. The van der Waals surface area contributed by atoms with Crippen molar-refractivity contribution in [3.8, 4) is 0 Å². The number of amides is 1. The van der Waals surface area contributed by atoms with Crippen LogP contribution >= 0.6 is 0 Å². The summed E-state index contributed by atoms with van der Waals surface area (Å²) in [6, 6.07) is 0. The van der Waals surface area contributed by atoms with Gasteiger partial charge in [0.2, 0.25) is 0 Å². The fourth-order valence-corrected chi connectivity index (χ4v) is 1.38. The smallest absolute Gasteiger partial charge is 0.276 e. The third-order valence-corrected chi connectivity index (χ3v) is 2.26. The summed E-state index contributed by atoms with van der Waals surface area (Å²) >= 11 is 0. The zero-order valence-electron chi connectivity index (χ0n) is 10.2. The number of rotatable bonds is 8. The van der Waals surface area contributed by atoms with Crippen LogP contribution in [-0.4, -0.2) is 66.7 Å². The van der Waals surface area contributed by atoms with Crippen molar-refractivity contribution in [2.75, 3.05) is 40.5 Å². The second-order valence-corrected chi connectivity index (χ2v) is 3.49. The first-order valence-electron chi connectivity index (χ1n) is 5.42. The molecule has 1 heterocycles. The van der Waals surface area contributed by atoms with Gasteiger partial charge < -0.3 is 14.4 Å². The van der Waals surface area contributed by atoms with E-state index in [1.807, 2.05) is 0 Å². The van der Waals surface area contributed by atoms with E-state index < -0.39 is 0 Å². The van der Waals surface area contributed by atoms with Gasteiger partial charge in [-0.2, -0.15) is 15.4 Å². The van der Waals surface area contributed by atoms with E-state index in [0.717, 1.165) is 6.42 Å². The lowest BCUT2D eigenvalue weighted by molar-refractivity contribution is 0.0668. The molecule has 96 valence electrons. The highest BCUT2D eigenvalue weighted by atomic mass is 16.5. The first kappa shape index (κ1) is 13.6. The number of nitrogens with one attached hydrogen (secondary N) is 1. The summed E-state index contributed by atoms with van der Waals surface area (Å²) < 4.78 is 9.94. The summed E-state index contributed by atoms with van der Waals surface area (Å²) in [4.78, 5) is 13.7. The minimum atomic E-state index is -0.146. The molecule has 0 atom stereocenters. The van der Waals surface area contributed by atoms with Gasteiger partial charge >= 0.3 is 0 Å². The molecule has 0 saturated heterocycles. The number of aromatic amines is 1. The molecular weight excluding hydrogens is 224 g/mol. The molecule has 0 aliphatic carbocycles. The Morgan fingerprint density at radius 2 is 2.12 bits per heavy atom. The van der Waals surface area contributed by atoms with Crippen LogP contribution in [0.2, 0.25) is 0 Å². The first-order valence-corrected chi connectivity index (χ1v) is 5.42. The lowest BCUT2D eigenvalue weighted by atomic mass is 10.3. The summed E-state index contributed by atoms with van der Waals surface area (Å²) in [6.45, 7) is 2.26. The molecule has 0 aliphatic heterocycles. The van der Waals surface area contributed by atoms with Gasteiger partial charge in [0.05, 0.1) is 12.8 Å². The first-order chi connectivity index (χ1) is 8.29. The molecule has 0 unspecified atom stereocenters. The average Bonchev–Trinajstić information content (AvgIpc) is 2.86. The maximum absolute atomic E-state index is 12.0. The Morgan fingerprint density at radius 3 is 2.71 bits per heavy atom. The summed E-state index contributed by atoms with van der Waals surface area (Å²) in [5, 5.41) is 9.82. The summed E-state index contributed by atoms with van der Waals surface area (Å²) in [6.07, 6.45) is 2.20. The Bertz CT molecular complexity index is 315. The number of H-pyrrole nitrogens is 1. The molecule has 1 amide bonds. The van der Waals surface area contributed by atoms with E-state index in [2.05, 4.69) is 15.4 Å². The fraction of sp³-hybridized carbons (Fsp3) is 0.700. The highest BCUT2D eigenvalue weighted by molar-refractivity contribution is 5.91. The minimum absolute atomic E-state index is 0.146. The Hall–Kier alpha value is -1.47. The van der Waals surface area contributed by atoms with Gasteiger partial charge in [0, 0.05) is 33.9 Å². The number of aromatic nitrogens is 3. The van der Waals surface area contributed by atoms with E-state index in [1.165, 1.54) is 6.20 Å². The van der Waals surface area contributed by atoms with Crippen LogP contribution in [0.4, 0.5) is 0 Å². The van der Waals surface area contributed by atoms with E-state index in [-0.39, 0.29) is 5.91 Å². The van der Waals surface area contributed by atoms with Crippen molar-refractivity contribution in [2.45, 2.75) is 6.42 Å². The number of hydrogen-bond acceptors (Lipinski definition) is 5. The Kier molecular flexibility index (Phi) is 6.19. The largest absolute Gasteiger partial charge is 0.385 e. The molecule has 7 heteroatoms. The fourth-order valence-electron chi connectivity index (χ4n) is 1.38. The topological polar surface area (TPSA) is 80.3 Å². The van der Waals surface area contributed by atoms with Gasteiger partial charge in [-0.25, -0.2) is 0 Å². The number of carbonyl (C=O) groups is 1. The van der Waals surface area contributed by atoms with Crippen LogP contribution in [0.1, 0.15) is 16.9 Å². The van der Waals surface area contributed by atoms with E-state index in [9.17, 15) is 4.79 Å². The normalized spacial score (nSPS) is 10.5. The van der Waals surface area contributed by atoms with E-state index in [0.29, 0.717) is 32.0 Å². The molecule has 0 bridgehead atoms. The Balaban J connectivity index is 2.52. The molecular formula is C10H18N4O3. The summed E-state index contributed by atoms with van der Waals surface area (Å²) in [5.41, 5.74) is 0.318.